The highest BCUT2D eigenvalue weighted by atomic mass is 31.3. The molecule has 3 unspecified atom stereocenters. The molecule has 3 rings (SSSR count). The number of aliphatic hydroxyl groups excluding tert-OH is 1. The minimum Gasteiger partial charge on any atom is -0.390 e. The van der Waals surface area contributed by atoms with Gasteiger partial charge in [-0.3, -0.25) is 18.9 Å². The van der Waals surface area contributed by atoms with Gasteiger partial charge in [0.25, 0.3) is 5.56 Å². The number of hydrogen-bond acceptors (Lipinski definition) is 11. The largest absolute Gasteiger partial charge is 0.490 e. The molecule has 1 fully saturated rings. The van der Waals surface area contributed by atoms with E-state index < -0.39 is 59.8 Å². The molecule has 1 aromatic carbocycles. The van der Waals surface area contributed by atoms with E-state index in [9.17, 15) is 38.2 Å². The van der Waals surface area contributed by atoms with Crippen molar-refractivity contribution in [3.63, 3.8) is 0 Å². The van der Waals surface area contributed by atoms with Crippen LogP contribution in [0, 0.1) is 5.92 Å². The van der Waals surface area contributed by atoms with Gasteiger partial charge < -0.3 is 34.2 Å². The van der Waals surface area contributed by atoms with E-state index in [0.29, 0.717) is 0 Å². The second-order valence-corrected chi connectivity index (χ2v) is 13.4. The van der Waals surface area contributed by atoms with Crippen molar-refractivity contribution in [2.24, 2.45) is 5.92 Å². The summed E-state index contributed by atoms with van der Waals surface area (Å²) in [7, 11) is -16.7. The Hall–Kier alpha value is -1.81. The molecule has 6 N–H and O–H groups in total. The molecule has 1 saturated heterocycles. The maximum absolute atomic E-state index is 12.5. The van der Waals surface area contributed by atoms with E-state index in [1.807, 2.05) is 44.2 Å². The number of aromatic amines is 1. The number of rotatable bonds is 13. The number of benzene rings is 1. The summed E-state index contributed by atoms with van der Waals surface area (Å²) in [6.07, 6.45) is -3.29. The van der Waals surface area contributed by atoms with Gasteiger partial charge in [0, 0.05) is 12.6 Å². The van der Waals surface area contributed by atoms with Gasteiger partial charge in [0.15, 0.2) is 0 Å². The number of nitrogens with zero attached hydrogens (tertiary/aromatic N) is 1. The van der Waals surface area contributed by atoms with Crippen LogP contribution in [-0.2, 0) is 42.9 Å². The monoisotopic (exact) mass is 630 g/mol. The van der Waals surface area contributed by atoms with Crippen molar-refractivity contribution in [2.75, 3.05) is 6.61 Å². The van der Waals surface area contributed by atoms with Crippen molar-refractivity contribution in [1.29, 1.82) is 0 Å². The van der Waals surface area contributed by atoms with Crippen molar-refractivity contribution in [2.45, 2.75) is 51.4 Å². The normalized spacial score (nSPS) is 23.6. The Morgan fingerprint density at radius 1 is 1.05 bits per heavy atom. The number of aliphatic hydroxyl groups is 1. The maximum Gasteiger partial charge on any atom is 0.490 e. The second kappa shape index (κ2) is 13.0. The number of H-pyrrole nitrogens is 1. The first-order valence-electron chi connectivity index (χ1n) is 11.6. The summed E-state index contributed by atoms with van der Waals surface area (Å²) in [6, 6.07) is 9.32. The van der Waals surface area contributed by atoms with Crippen molar-refractivity contribution < 1.29 is 61.0 Å². The molecule has 0 saturated carbocycles. The highest BCUT2D eigenvalue weighted by Crippen LogP contribution is 2.66. The number of phosphoric acid groups is 3. The smallest absolute Gasteiger partial charge is 0.390 e. The molecule has 1 aromatic heterocycles. The summed E-state index contributed by atoms with van der Waals surface area (Å²) in [5.74, 6) is 0.0519. The van der Waals surface area contributed by atoms with E-state index in [-0.39, 0.29) is 30.6 Å². The summed E-state index contributed by atoms with van der Waals surface area (Å²) in [6.45, 7) is 2.80. The summed E-state index contributed by atoms with van der Waals surface area (Å²) in [5.41, 5.74) is -0.596. The fraction of sp³-hybridized carbons (Fsp3) is 0.500. The van der Waals surface area contributed by atoms with Gasteiger partial charge in [0.1, 0.15) is 12.3 Å². The van der Waals surface area contributed by atoms with Crippen LogP contribution < -0.4 is 11.2 Å². The summed E-state index contributed by atoms with van der Waals surface area (Å²) in [4.78, 5) is 63.0. The Kier molecular flexibility index (Phi) is 10.6. The van der Waals surface area contributed by atoms with E-state index in [4.69, 9.17) is 19.3 Å². The first kappa shape index (κ1) is 32.7. The molecule has 20 heteroatoms. The number of hydrogen-bond donors (Lipinski definition) is 6. The van der Waals surface area contributed by atoms with Gasteiger partial charge in [-0.25, -0.2) is 18.5 Å². The number of ether oxygens (including phenoxy) is 2. The summed E-state index contributed by atoms with van der Waals surface area (Å²) in [5, 5.41) is 10.3. The van der Waals surface area contributed by atoms with Crippen molar-refractivity contribution in [3.8, 4) is 0 Å². The standard InChI is InChI=1S/C20H29N2O15P3/c1-12(2)18(13-6-4-3-5-7-13)33-10-14-9-22(20(25)21-19(14)24)17-8-15(23)16(35-17)11-34-39(29,30)37-40(31,32)36-38(26,27)28/h3-7,9,12,15-18,23H,8,10-11H2,1-2H3,(H,29,30)(H,31,32)(H,21,24,25)(H2,26,27,28)/t15-,16-,17-,18?/m1/s1. The van der Waals surface area contributed by atoms with E-state index in [2.05, 4.69) is 18.1 Å². The maximum atomic E-state index is 12.5. The third-order valence-corrected chi connectivity index (χ3v) is 9.33. The Labute approximate surface area is 226 Å². The summed E-state index contributed by atoms with van der Waals surface area (Å²) >= 11 is 0. The number of nitrogens with one attached hydrogen (secondary N) is 1. The average Bonchev–Trinajstić information content (AvgIpc) is 3.17. The number of phosphoric ester groups is 1. The van der Waals surface area contributed by atoms with Crippen LogP contribution in [0.3, 0.4) is 0 Å². The van der Waals surface area contributed by atoms with Crippen LogP contribution in [0.5, 0.6) is 0 Å². The molecule has 2 heterocycles. The van der Waals surface area contributed by atoms with Crippen molar-refractivity contribution >= 4 is 23.5 Å². The lowest BCUT2D eigenvalue weighted by molar-refractivity contribution is -0.0454. The van der Waals surface area contributed by atoms with Crippen LogP contribution in [0.15, 0.2) is 46.1 Å². The molecule has 224 valence electrons. The third kappa shape index (κ3) is 9.36. The van der Waals surface area contributed by atoms with Crippen LogP contribution in [0.1, 0.15) is 43.7 Å². The molecule has 2 aromatic rings. The molecule has 0 bridgehead atoms. The molecule has 0 radical (unpaired) electrons. The molecule has 0 spiro atoms. The van der Waals surface area contributed by atoms with Gasteiger partial charge in [-0.2, -0.15) is 8.62 Å². The topological polar surface area (TPSA) is 253 Å². The molecular weight excluding hydrogens is 601 g/mol. The minimum absolute atomic E-state index is 0.0519. The molecule has 6 atom stereocenters. The molecule has 40 heavy (non-hydrogen) atoms. The quantitative estimate of drug-likeness (QED) is 0.171. The lowest BCUT2D eigenvalue weighted by Gasteiger charge is -2.22. The van der Waals surface area contributed by atoms with E-state index in [0.717, 1.165) is 10.1 Å². The van der Waals surface area contributed by atoms with Gasteiger partial charge >= 0.3 is 29.2 Å². The molecule has 1 aliphatic rings. The zero-order valence-electron chi connectivity index (χ0n) is 21.1. The van der Waals surface area contributed by atoms with E-state index in [1.54, 1.807) is 0 Å². The zero-order valence-corrected chi connectivity index (χ0v) is 23.8. The minimum atomic E-state index is -5.72. The van der Waals surface area contributed by atoms with Gasteiger partial charge in [-0.15, -0.1) is 0 Å². The molecule has 0 amide bonds. The first-order valence-corrected chi connectivity index (χ1v) is 16.1. The van der Waals surface area contributed by atoms with Crippen LogP contribution in [-0.4, -0.2) is 53.0 Å². The molecular formula is C20H29N2O15P3. The fourth-order valence-electron chi connectivity index (χ4n) is 3.85. The first-order chi connectivity index (χ1) is 18.5. The van der Waals surface area contributed by atoms with Gasteiger partial charge in [0.05, 0.1) is 31.0 Å². The Balaban J connectivity index is 1.68. The predicted molar refractivity (Wildman–Crippen MR) is 134 cm³/mol. The van der Waals surface area contributed by atoms with Crippen LogP contribution in [0.4, 0.5) is 0 Å². The molecule has 17 nitrogen and oxygen atoms in total. The van der Waals surface area contributed by atoms with Gasteiger partial charge in [-0.1, -0.05) is 44.2 Å². The second-order valence-electron chi connectivity index (χ2n) is 9.03. The fourth-order valence-corrected chi connectivity index (χ4v) is 6.88. The Morgan fingerprint density at radius 3 is 2.30 bits per heavy atom. The predicted octanol–water partition coefficient (Wildman–Crippen LogP) is 1.44. The van der Waals surface area contributed by atoms with Gasteiger partial charge in [0.2, 0.25) is 0 Å². The van der Waals surface area contributed by atoms with Crippen LogP contribution in [0.2, 0.25) is 0 Å². The van der Waals surface area contributed by atoms with Crippen molar-refractivity contribution in [1.82, 2.24) is 9.55 Å². The molecule has 0 aliphatic carbocycles. The van der Waals surface area contributed by atoms with E-state index in [1.165, 1.54) is 6.20 Å². The highest BCUT2D eigenvalue weighted by Gasteiger charge is 2.43. The lowest BCUT2D eigenvalue weighted by atomic mass is 9.99. The Bertz CT molecular complexity index is 1420. The summed E-state index contributed by atoms with van der Waals surface area (Å²) < 4.78 is 58.3. The highest BCUT2D eigenvalue weighted by molar-refractivity contribution is 7.66. The zero-order chi connectivity index (χ0) is 29.9. The Morgan fingerprint density at radius 2 is 1.70 bits per heavy atom. The lowest BCUT2D eigenvalue weighted by Crippen LogP contribution is -2.34. The van der Waals surface area contributed by atoms with Crippen LogP contribution in [0.25, 0.3) is 0 Å². The van der Waals surface area contributed by atoms with Gasteiger partial charge in [-0.05, 0) is 11.5 Å². The van der Waals surface area contributed by atoms with E-state index >= 15 is 0 Å². The third-order valence-electron chi connectivity index (χ3n) is 5.53. The SMILES string of the molecule is CC(C)C(OCc1cn([C@H]2C[C@@H](O)[C@@H](COP(=O)(O)OP(=O)(O)OP(=O)(O)O)O2)c(=O)[nH]c1=O)c1ccccc1. The molecule has 1 aliphatic heterocycles. The van der Waals surface area contributed by atoms with Crippen LogP contribution >= 0.6 is 23.5 Å². The number of aromatic nitrogens is 2. The average molecular weight is 630 g/mol. The van der Waals surface area contributed by atoms with Crippen molar-refractivity contribution in [3.05, 3.63) is 68.5 Å².